The number of benzene rings is 1. The molecule has 0 saturated carbocycles. The first kappa shape index (κ1) is 14.6. The zero-order chi connectivity index (χ0) is 14.5. The zero-order valence-corrected chi connectivity index (χ0v) is 12.6. The number of thioether (sulfide) groups is 1. The smallest absolute Gasteiger partial charge is 0.233 e. The third kappa shape index (κ3) is 3.60. The third-order valence-corrected chi connectivity index (χ3v) is 3.75. The van der Waals surface area contributed by atoms with E-state index in [0.29, 0.717) is 11.7 Å². The van der Waals surface area contributed by atoms with Crippen LogP contribution >= 0.6 is 11.8 Å². The average molecular weight is 290 g/mol. The van der Waals surface area contributed by atoms with E-state index < -0.39 is 0 Å². The van der Waals surface area contributed by atoms with Gasteiger partial charge in [0.2, 0.25) is 11.1 Å². The molecule has 2 aromatic rings. The molecule has 106 valence electrons. The normalized spacial score (nSPS) is 12.2. The Morgan fingerprint density at radius 1 is 1.40 bits per heavy atom. The Balaban J connectivity index is 2.05. The Kier molecular flexibility index (Phi) is 4.79. The molecule has 1 heterocycles. The first-order chi connectivity index (χ1) is 9.60. The van der Waals surface area contributed by atoms with Gasteiger partial charge in [-0.05, 0) is 20.8 Å². The summed E-state index contributed by atoms with van der Waals surface area (Å²) in [6, 6.07) is 8.05. The van der Waals surface area contributed by atoms with Gasteiger partial charge in [0.15, 0.2) is 5.82 Å². The van der Waals surface area contributed by atoms with Crippen LogP contribution in [-0.4, -0.2) is 32.9 Å². The number of amides is 1. The number of hydrogen-bond acceptors (Lipinski definition) is 4. The van der Waals surface area contributed by atoms with E-state index in [9.17, 15) is 4.79 Å². The zero-order valence-electron chi connectivity index (χ0n) is 11.8. The van der Waals surface area contributed by atoms with Crippen molar-refractivity contribution >= 4 is 17.7 Å². The molecule has 2 rings (SSSR count). The van der Waals surface area contributed by atoms with Crippen molar-refractivity contribution in [3.63, 3.8) is 0 Å². The highest BCUT2D eigenvalue weighted by atomic mass is 32.2. The molecular weight excluding hydrogens is 272 g/mol. The van der Waals surface area contributed by atoms with Gasteiger partial charge in [-0.2, -0.15) is 0 Å². The van der Waals surface area contributed by atoms with E-state index >= 15 is 0 Å². The fourth-order valence-corrected chi connectivity index (χ4v) is 2.42. The molecule has 0 bridgehead atoms. The number of rotatable bonds is 5. The van der Waals surface area contributed by atoms with Gasteiger partial charge in [0.1, 0.15) is 0 Å². The minimum atomic E-state index is -0.211. The molecule has 1 atom stereocenters. The van der Waals surface area contributed by atoms with Crippen LogP contribution in [0.1, 0.15) is 19.4 Å². The summed E-state index contributed by atoms with van der Waals surface area (Å²) in [5.74, 6) is 0.717. The summed E-state index contributed by atoms with van der Waals surface area (Å²) in [4.78, 5) is 16.1. The standard InChI is InChI=1S/C14H18N4OS/c1-4-15-13(19)10(3)20-14-16-12(17-18-14)11-7-5-9(2)6-8-11/h5-8,10H,4H2,1-3H3,(H,15,19)(H,16,17,18)/t10-/m1/s1. The maximum Gasteiger partial charge on any atom is 0.233 e. The Morgan fingerprint density at radius 3 is 2.75 bits per heavy atom. The van der Waals surface area contributed by atoms with Gasteiger partial charge in [0, 0.05) is 12.1 Å². The van der Waals surface area contributed by atoms with Crippen LogP contribution in [0.4, 0.5) is 0 Å². The topological polar surface area (TPSA) is 70.7 Å². The first-order valence-corrected chi connectivity index (χ1v) is 7.42. The van der Waals surface area contributed by atoms with Crippen LogP contribution in [-0.2, 0) is 4.79 Å². The van der Waals surface area contributed by atoms with Crippen molar-refractivity contribution < 1.29 is 4.79 Å². The molecule has 20 heavy (non-hydrogen) atoms. The number of carbonyl (C=O) groups is 1. The van der Waals surface area contributed by atoms with E-state index in [1.54, 1.807) is 0 Å². The minimum absolute atomic E-state index is 0.000754. The van der Waals surface area contributed by atoms with Crippen molar-refractivity contribution in [1.82, 2.24) is 20.5 Å². The highest BCUT2D eigenvalue weighted by molar-refractivity contribution is 8.00. The molecule has 6 heteroatoms. The number of nitrogens with zero attached hydrogens (tertiary/aromatic N) is 2. The van der Waals surface area contributed by atoms with Crippen LogP contribution in [0.5, 0.6) is 0 Å². The van der Waals surface area contributed by atoms with Crippen molar-refractivity contribution in [2.75, 3.05) is 6.54 Å². The van der Waals surface area contributed by atoms with Crippen LogP contribution in [0.2, 0.25) is 0 Å². The van der Waals surface area contributed by atoms with Gasteiger partial charge in [-0.3, -0.25) is 9.89 Å². The summed E-state index contributed by atoms with van der Waals surface area (Å²) >= 11 is 1.34. The van der Waals surface area contributed by atoms with E-state index in [0.717, 1.165) is 11.4 Å². The second-order valence-electron chi connectivity index (χ2n) is 4.49. The van der Waals surface area contributed by atoms with Crippen LogP contribution in [0.3, 0.4) is 0 Å². The lowest BCUT2D eigenvalue weighted by Gasteiger charge is -2.07. The van der Waals surface area contributed by atoms with Gasteiger partial charge in [-0.25, -0.2) is 4.98 Å². The molecule has 0 saturated heterocycles. The van der Waals surface area contributed by atoms with Gasteiger partial charge >= 0.3 is 0 Å². The monoisotopic (exact) mass is 290 g/mol. The van der Waals surface area contributed by atoms with Gasteiger partial charge in [-0.1, -0.05) is 41.6 Å². The molecule has 0 radical (unpaired) electrons. The Morgan fingerprint density at radius 2 is 2.10 bits per heavy atom. The first-order valence-electron chi connectivity index (χ1n) is 6.54. The summed E-state index contributed by atoms with van der Waals surface area (Å²) in [5.41, 5.74) is 2.19. The molecule has 0 aliphatic heterocycles. The molecule has 0 unspecified atom stereocenters. The lowest BCUT2D eigenvalue weighted by atomic mass is 10.1. The number of H-pyrrole nitrogens is 1. The number of aryl methyl sites for hydroxylation is 1. The van der Waals surface area contributed by atoms with E-state index in [4.69, 9.17) is 0 Å². The molecule has 1 amide bonds. The minimum Gasteiger partial charge on any atom is -0.355 e. The largest absolute Gasteiger partial charge is 0.355 e. The van der Waals surface area contributed by atoms with Crippen LogP contribution in [0.15, 0.2) is 29.4 Å². The summed E-state index contributed by atoms with van der Waals surface area (Å²) in [6.07, 6.45) is 0. The van der Waals surface area contributed by atoms with Crippen LogP contribution in [0.25, 0.3) is 11.4 Å². The predicted octanol–water partition coefficient (Wildman–Crippen LogP) is 2.40. The molecule has 0 fully saturated rings. The van der Waals surface area contributed by atoms with E-state index in [-0.39, 0.29) is 11.2 Å². The summed E-state index contributed by atoms with van der Waals surface area (Å²) in [6.45, 7) is 6.42. The Labute approximate surface area is 122 Å². The van der Waals surface area contributed by atoms with Crippen LogP contribution < -0.4 is 5.32 Å². The highest BCUT2D eigenvalue weighted by Gasteiger charge is 2.16. The Bertz CT molecular complexity index is 579. The lowest BCUT2D eigenvalue weighted by molar-refractivity contribution is -0.120. The van der Waals surface area contributed by atoms with Gasteiger partial charge < -0.3 is 5.32 Å². The molecule has 2 N–H and O–H groups in total. The van der Waals surface area contributed by atoms with E-state index in [2.05, 4.69) is 20.5 Å². The lowest BCUT2D eigenvalue weighted by Crippen LogP contribution is -2.30. The van der Waals surface area contributed by atoms with E-state index in [1.807, 2.05) is 45.0 Å². The second-order valence-corrected chi connectivity index (χ2v) is 5.80. The van der Waals surface area contributed by atoms with Gasteiger partial charge in [-0.15, -0.1) is 5.10 Å². The number of aromatic nitrogens is 3. The predicted molar refractivity (Wildman–Crippen MR) is 80.6 cm³/mol. The van der Waals surface area contributed by atoms with Gasteiger partial charge in [0.25, 0.3) is 0 Å². The fourth-order valence-electron chi connectivity index (χ4n) is 1.67. The number of carbonyl (C=O) groups excluding carboxylic acids is 1. The van der Waals surface area contributed by atoms with Crippen molar-refractivity contribution in [2.24, 2.45) is 0 Å². The molecule has 1 aromatic heterocycles. The molecule has 0 aliphatic carbocycles. The molecule has 0 aliphatic rings. The summed E-state index contributed by atoms with van der Waals surface area (Å²) < 4.78 is 0. The van der Waals surface area contributed by atoms with Crippen LogP contribution in [0, 0.1) is 6.92 Å². The van der Waals surface area contributed by atoms with Gasteiger partial charge in [0.05, 0.1) is 5.25 Å². The Hall–Kier alpha value is -1.82. The number of hydrogen-bond donors (Lipinski definition) is 2. The maximum atomic E-state index is 11.7. The quantitative estimate of drug-likeness (QED) is 0.830. The summed E-state index contributed by atoms with van der Waals surface area (Å²) in [7, 11) is 0. The average Bonchev–Trinajstić information content (AvgIpc) is 2.88. The molecule has 0 spiro atoms. The molecule has 5 nitrogen and oxygen atoms in total. The maximum absolute atomic E-state index is 11.7. The highest BCUT2D eigenvalue weighted by Crippen LogP contribution is 2.22. The van der Waals surface area contributed by atoms with Crippen molar-refractivity contribution in [1.29, 1.82) is 0 Å². The molecular formula is C14H18N4OS. The number of nitrogens with one attached hydrogen (secondary N) is 2. The summed E-state index contributed by atoms with van der Waals surface area (Å²) in [5, 5.41) is 10.2. The molecule has 1 aromatic carbocycles. The van der Waals surface area contributed by atoms with Crippen molar-refractivity contribution in [3.05, 3.63) is 29.8 Å². The second kappa shape index (κ2) is 6.56. The number of aromatic amines is 1. The van der Waals surface area contributed by atoms with Crippen molar-refractivity contribution in [2.45, 2.75) is 31.2 Å². The van der Waals surface area contributed by atoms with Crippen molar-refractivity contribution in [3.8, 4) is 11.4 Å². The fraction of sp³-hybridized carbons (Fsp3) is 0.357. The third-order valence-electron chi connectivity index (χ3n) is 2.79. The van der Waals surface area contributed by atoms with E-state index in [1.165, 1.54) is 17.3 Å². The SMILES string of the molecule is CCNC(=O)[C@@H](C)Sc1n[nH]c(-c2ccc(C)cc2)n1.